The summed E-state index contributed by atoms with van der Waals surface area (Å²) in [5, 5.41) is 2.81. The van der Waals surface area contributed by atoms with E-state index in [4.69, 9.17) is 5.73 Å². The number of nitrogens with one attached hydrogen (secondary N) is 1. The number of amides is 1. The van der Waals surface area contributed by atoms with Crippen LogP contribution in [0.1, 0.15) is 15.9 Å². The molecule has 2 rings (SSSR count). The zero-order valence-corrected chi connectivity index (χ0v) is 11.9. The molecule has 2 aromatic rings. The van der Waals surface area contributed by atoms with Gasteiger partial charge >= 0.3 is 0 Å². The van der Waals surface area contributed by atoms with Crippen molar-refractivity contribution >= 4 is 27.5 Å². The molecule has 2 aromatic carbocycles. The molecule has 1 amide bonds. The van der Waals surface area contributed by atoms with Gasteiger partial charge in [0.15, 0.2) is 0 Å². The lowest BCUT2D eigenvalue weighted by atomic mass is 10.1. The van der Waals surface area contributed by atoms with E-state index in [0.717, 1.165) is 6.07 Å². The number of benzene rings is 2. The summed E-state index contributed by atoms with van der Waals surface area (Å²) in [6.45, 7) is 0.226. The fraction of sp³-hybridized carbons (Fsp3) is 0.0714. The van der Waals surface area contributed by atoms with Gasteiger partial charge in [-0.05, 0) is 51.8 Å². The van der Waals surface area contributed by atoms with E-state index >= 15 is 0 Å². The number of primary amides is 1. The molecule has 0 aliphatic rings. The number of anilines is 1. The van der Waals surface area contributed by atoms with Gasteiger partial charge in [-0.1, -0.05) is 6.07 Å². The average Bonchev–Trinajstić information content (AvgIpc) is 2.41. The van der Waals surface area contributed by atoms with Gasteiger partial charge in [0.05, 0.1) is 10.2 Å². The maximum Gasteiger partial charge on any atom is 0.248 e. The summed E-state index contributed by atoms with van der Waals surface area (Å²) in [5.74, 6) is -1.54. The van der Waals surface area contributed by atoms with Crippen LogP contribution >= 0.6 is 15.9 Å². The summed E-state index contributed by atoms with van der Waals surface area (Å²) in [7, 11) is 0. The highest BCUT2D eigenvalue weighted by molar-refractivity contribution is 9.10. The lowest BCUT2D eigenvalue weighted by Crippen LogP contribution is -2.12. The molecule has 0 radical (unpaired) electrons. The Morgan fingerprint density at radius 2 is 1.90 bits per heavy atom. The normalized spacial score (nSPS) is 10.3. The fourth-order valence-corrected chi connectivity index (χ4v) is 1.91. The highest BCUT2D eigenvalue weighted by Gasteiger charge is 2.07. The van der Waals surface area contributed by atoms with Gasteiger partial charge in [-0.2, -0.15) is 0 Å². The van der Waals surface area contributed by atoms with E-state index in [-0.39, 0.29) is 17.8 Å². The number of hydrogen-bond donors (Lipinski definition) is 2. The number of hydrogen-bond acceptors (Lipinski definition) is 2. The SMILES string of the molecule is NC(=O)c1ccc(F)c(NCc2ccc(Br)c(F)c2)c1. The smallest absolute Gasteiger partial charge is 0.248 e. The molecule has 0 heterocycles. The van der Waals surface area contributed by atoms with E-state index < -0.39 is 17.5 Å². The van der Waals surface area contributed by atoms with E-state index in [1.807, 2.05) is 0 Å². The van der Waals surface area contributed by atoms with Gasteiger partial charge in [0.25, 0.3) is 0 Å². The first-order chi connectivity index (χ1) is 9.47. The second-order valence-corrected chi connectivity index (χ2v) is 5.02. The summed E-state index contributed by atoms with van der Waals surface area (Å²) >= 11 is 3.06. The monoisotopic (exact) mass is 340 g/mol. The summed E-state index contributed by atoms with van der Waals surface area (Å²) in [4.78, 5) is 11.0. The molecule has 0 unspecified atom stereocenters. The first kappa shape index (κ1) is 14.5. The van der Waals surface area contributed by atoms with Crippen LogP contribution in [-0.2, 0) is 6.54 Å². The van der Waals surface area contributed by atoms with Gasteiger partial charge in [0.2, 0.25) is 5.91 Å². The molecular formula is C14H11BrF2N2O. The molecule has 3 N–H and O–H groups in total. The number of halogens is 3. The summed E-state index contributed by atoms with van der Waals surface area (Å²) in [5.41, 5.74) is 6.13. The highest BCUT2D eigenvalue weighted by Crippen LogP contribution is 2.19. The van der Waals surface area contributed by atoms with Crippen molar-refractivity contribution < 1.29 is 13.6 Å². The second-order valence-electron chi connectivity index (χ2n) is 4.16. The van der Waals surface area contributed by atoms with Crippen molar-refractivity contribution in [1.82, 2.24) is 0 Å². The van der Waals surface area contributed by atoms with Crippen LogP contribution in [0.3, 0.4) is 0 Å². The molecule has 0 atom stereocenters. The second kappa shape index (κ2) is 6.00. The molecule has 0 aromatic heterocycles. The zero-order chi connectivity index (χ0) is 14.7. The third-order valence-corrected chi connectivity index (χ3v) is 3.36. The van der Waals surface area contributed by atoms with Crippen LogP contribution < -0.4 is 11.1 Å². The topological polar surface area (TPSA) is 55.1 Å². The number of rotatable bonds is 4. The molecule has 0 saturated heterocycles. The van der Waals surface area contributed by atoms with Crippen molar-refractivity contribution in [2.75, 3.05) is 5.32 Å². The summed E-state index contributed by atoms with van der Waals surface area (Å²) < 4.78 is 27.3. The Bertz CT molecular complexity index is 662. The number of carbonyl (C=O) groups excluding carboxylic acids is 1. The van der Waals surface area contributed by atoms with Crippen molar-refractivity contribution in [1.29, 1.82) is 0 Å². The Morgan fingerprint density at radius 1 is 1.15 bits per heavy atom. The molecule has 0 aliphatic carbocycles. The van der Waals surface area contributed by atoms with Gasteiger partial charge < -0.3 is 11.1 Å². The molecule has 104 valence electrons. The third kappa shape index (κ3) is 3.33. The Morgan fingerprint density at radius 3 is 2.55 bits per heavy atom. The third-order valence-electron chi connectivity index (χ3n) is 2.72. The van der Waals surface area contributed by atoms with E-state index in [9.17, 15) is 13.6 Å². The minimum atomic E-state index is -0.636. The Balaban J connectivity index is 2.15. The molecule has 0 aliphatic heterocycles. The van der Waals surface area contributed by atoms with Gasteiger partial charge in [-0.15, -0.1) is 0 Å². The number of carbonyl (C=O) groups is 1. The Kier molecular flexibility index (Phi) is 4.34. The van der Waals surface area contributed by atoms with Crippen molar-refractivity contribution in [2.24, 2.45) is 5.73 Å². The predicted molar refractivity (Wildman–Crippen MR) is 76.3 cm³/mol. The minimum absolute atomic E-state index is 0.143. The van der Waals surface area contributed by atoms with Crippen molar-refractivity contribution in [3.63, 3.8) is 0 Å². The molecule has 0 saturated carbocycles. The van der Waals surface area contributed by atoms with Crippen LogP contribution in [0.15, 0.2) is 40.9 Å². The first-order valence-corrected chi connectivity index (χ1v) is 6.54. The van der Waals surface area contributed by atoms with Crippen LogP contribution in [0, 0.1) is 11.6 Å². The van der Waals surface area contributed by atoms with E-state index in [2.05, 4.69) is 21.2 Å². The predicted octanol–water partition coefficient (Wildman–Crippen LogP) is 3.44. The molecule has 0 spiro atoms. The minimum Gasteiger partial charge on any atom is -0.379 e. The van der Waals surface area contributed by atoms with Crippen molar-refractivity contribution in [3.05, 3.63) is 63.6 Å². The average molecular weight is 341 g/mol. The van der Waals surface area contributed by atoms with Crippen LogP contribution in [0.25, 0.3) is 0 Å². The standard InChI is InChI=1S/C14H11BrF2N2O/c15-10-3-1-8(5-12(10)17)7-19-13-6-9(14(18)20)2-4-11(13)16/h1-6,19H,7H2,(H2,18,20). The van der Waals surface area contributed by atoms with E-state index in [1.165, 1.54) is 18.2 Å². The first-order valence-electron chi connectivity index (χ1n) is 5.74. The fourth-order valence-electron chi connectivity index (χ4n) is 1.66. The number of nitrogens with two attached hydrogens (primary N) is 1. The van der Waals surface area contributed by atoms with E-state index in [0.29, 0.717) is 10.0 Å². The summed E-state index contributed by atoms with van der Waals surface area (Å²) in [6, 6.07) is 8.41. The Hall–Kier alpha value is -1.95. The van der Waals surface area contributed by atoms with Gasteiger partial charge in [0, 0.05) is 12.1 Å². The van der Waals surface area contributed by atoms with Crippen LogP contribution in [0.5, 0.6) is 0 Å². The van der Waals surface area contributed by atoms with Crippen LogP contribution in [0.2, 0.25) is 0 Å². The lowest BCUT2D eigenvalue weighted by molar-refractivity contribution is 0.100. The van der Waals surface area contributed by atoms with Gasteiger partial charge in [-0.25, -0.2) is 8.78 Å². The van der Waals surface area contributed by atoms with Crippen molar-refractivity contribution in [3.8, 4) is 0 Å². The van der Waals surface area contributed by atoms with E-state index in [1.54, 1.807) is 12.1 Å². The Labute approximate surface area is 122 Å². The molecular weight excluding hydrogens is 330 g/mol. The van der Waals surface area contributed by atoms with Crippen LogP contribution in [0.4, 0.5) is 14.5 Å². The summed E-state index contributed by atoms with van der Waals surface area (Å²) in [6.07, 6.45) is 0. The largest absolute Gasteiger partial charge is 0.379 e. The molecule has 3 nitrogen and oxygen atoms in total. The van der Waals surface area contributed by atoms with Crippen LogP contribution in [-0.4, -0.2) is 5.91 Å². The maximum absolute atomic E-state index is 13.6. The molecule has 20 heavy (non-hydrogen) atoms. The van der Waals surface area contributed by atoms with Gasteiger partial charge in [0.1, 0.15) is 11.6 Å². The zero-order valence-electron chi connectivity index (χ0n) is 10.3. The lowest BCUT2D eigenvalue weighted by Gasteiger charge is -2.09. The maximum atomic E-state index is 13.6. The van der Waals surface area contributed by atoms with Gasteiger partial charge in [-0.3, -0.25) is 4.79 Å². The molecule has 0 bridgehead atoms. The van der Waals surface area contributed by atoms with Crippen molar-refractivity contribution in [2.45, 2.75) is 6.54 Å². The molecule has 6 heteroatoms. The highest BCUT2D eigenvalue weighted by atomic mass is 79.9. The molecule has 0 fully saturated rings. The quantitative estimate of drug-likeness (QED) is 0.895.